The van der Waals surface area contributed by atoms with Gasteiger partial charge in [0, 0.05) is 19.5 Å². The van der Waals surface area contributed by atoms with E-state index in [9.17, 15) is 24.6 Å². The lowest BCUT2D eigenvalue weighted by Gasteiger charge is -2.26. The molecule has 7 nitrogen and oxygen atoms in total. The molecule has 0 radical (unpaired) electrons. The first-order valence-corrected chi connectivity index (χ1v) is 19.1. The van der Waals surface area contributed by atoms with E-state index in [1.165, 1.54) is 89.9 Å². The van der Waals surface area contributed by atoms with E-state index >= 15 is 0 Å². The SMILES string of the molecule is CCCCCCCCCCCCC(CCN(CCC(CCCCCCCCCCCC)C(=O)O)C(=O)CCCN(C)C)C(=O)O. The summed E-state index contributed by atoms with van der Waals surface area (Å²) in [6, 6.07) is 0. The van der Waals surface area contributed by atoms with E-state index in [0.717, 1.165) is 51.5 Å². The lowest BCUT2D eigenvalue weighted by molar-refractivity contribution is -0.143. The molecule has 2 N–H and O–H groups in total. The van der Waals surface area contributed by atoms with Crippen LogP contribution in [0.1, 0.15) is 181 Å². The van der Waals surface area contributed by atoms with Crippen LogP contribution in [0, 0.1) is 11.8 Å². The highest BCUT2D eigenvalue weighted by molar-refractivity contribution is 5.76. The highest BCUT2D eigenvalue weighted by Gasteiger charge is 2.23. The van der Waals surface area contributed by atoms with Gasteiger partial charge in [0.2, 0.25) is 5.91 Å². The molecular weight excluding hydrogens is 564 g/mol. The van der Waals surface area contributed by atoms with Crippen LogP contribution < -0.4 is 0 Å². The summed E-state index contributed by atoms with van der Waals surface area (Å²) in [5.74, 6) is -2.47. The number of unbranched alkanes of at least 4 members (excludes halogenated alkanes) is 18. The van der Waals surface area contributed by atoms with Gasteiger partial charge in [-0.05, 0) is 52.7 Å². The maximum absolute atomic E-state index is 13.2. The molecule has 0 aromatic carbocycles. The minimum absolute atomic E-state index is 0.0167. The second kappa shape index (κ2) is 31.0. The van der Waals surface area contributed by atoms with Crippen molar-refractivity contribution in [3.63, 3.8) is 0 Å². The number of hydrogen-bond acceptors (Lipinski definition) is 4. The Hall–Kier alpha value is -1.63. The number of carbonyl (C=O) groups excluding carboxylic acids is 1. The van der Waals surface area contributed by atoms with Crippen molar-refractivity contribution in [1.82, 2.24) is 9.80 Å². The summed E-state index contributed by atoms with van der Waals surface area (Å²) in [6.45, 7) is 6.07. The Morgan fingerprint density at radius 1 is 0.467 bits per heavy atom. The summed E-state index contributed by atoms with van der Waals surface area (Å²) in [4.78, 5) is 41.1. The number of aliphatic carboxylic acids is 2. The zero-order valence-corrected chi connectivity index (χ0v) is 30.2. The van der Waals surface area contributed by atoms with E-state index in [0.29, 0.717) is 45.2 Å². The Kier molecular flexibility index (Phi) is 29.9. The van der Waals surface area contributed by atoms with Gasteiger partial charge < -0.3 is 20.0 Å². The van der Waals surface area contributed by atoms with Gasteiger partial charge in [0.25, 0.3) is 0 Å². The van der Waals surface area contributed by atoms with Crippen LogP contribution in [0.4, 0.5) is 0 Å². The molecule has 266 valence electrons. The molecular formula is C38H74N2O5. The van der Waals surface area contributed by atoms with Gasteiger partial charge >= 0.3 is 11.9 Å². The Morgan fingerprint density at radius 2 is 0.800 bits per heavy atom. The molecule has 0 aliphatic rings. The van der Waals surface area contributed by atoms with Crippen LogP contribution >= 0.6 is 0 Å². The largest absolute Gasteiger partial charge is 0.481 e. The molecule has 0 aliphatic carbocycles. The molecule has 0 spiro atoms. The molecule has 0 aromatic rings. The third-order valence-electron chi connectivity index (χ3n) is 9.35. The number of carboxylic acid groups (broad SMARTS) is 2. The number of carboxylic acids is 2. The topological polar surface area (TPSA) is 98.2 Å². The van der Waals surface area contributed by atoms with Crippen molar-refractivity contribution in [3.05, 3.63) is 0 Å². The van der Waals surface area contributed by atoms with E-state index in [1.807, 2.05) is 14.1 Å². The highest BCUT2D eigenvalue weighted by Crippen LogP contribution is 2.20. The first-order chi connectivity index (χ1) is 21.7. The fourth-order valence-corrected chi connectivity index (χ4v) is 6.23. The van der Waals surface area contributed by atoms with Crippen molar-refractivity contribution < 1.29 is 24.6 Å². The maximum Gasteiger partial charge on any atom is 0.306 e. The minimum atomic E-state index is -0.782. The molecule has 45 heavy (non-hydrogen) atoms. The Labute approximate surface area is 278 Å². The van der Waals surface area contributed by atoms with Crippen LogP contribution in [-0.2, 0) is 14.4 Å². The predicted octanol–water partition coefficient (Wildman–Crippen LogP) is 9.96. The van der Waals surface area contributed by atoms with Crippen LogP contribution in [0.5, 0.6) is 0 Å². The van der Waals surface area contributed by atoms with Crippen molar-refractivity contribution >= 4 is 17.8 Å². The molecule has 0 bridgehead atoms. The standard InChI is InChI=1S/C38H74N2O5/c1-5-7-9-11-13-15-17-19-21-23-26-34(37(42)43)29-32-40(36(41)28-25-31-39(3)4)33-30-35(38(44)45)27-24-22-20-18-16-14-12-10-8-6-2/h34-35H,5-33H2,1-4H3,(H,42,43)(H,44,45). The number of nitrogens with zero attached hydrogens (tertiary/aromatic N) is 2. The minimum Gasteiger partial charge on any atom is -0.481 e. The maximum atomic E-state index is 13.2. The smallest absolute Gasteiger partial charge is 0.306 e. The first kappa shape index (κ1) is 43.4. The summed E-state index contributed by atoms with van der Waals surface area (Å²) in [5.41, 5.74) is 0. The Bertz CT molecular complexity index is 668. The van der Waals surface area contributed by atoms with Crippen LogP contribution in [0.25, 0.3) is 0 Å². The van der Waals surface area contributed by atoms with Gasteiger partial charge in [-0.15, -0.1) is 0 Å². The van der Waals surface area contributed by atoms with E-state index in [1.54, 1.807) is 4.90 Å². The molecule has 0 saturated heterocycles. The molecule has 0 aliphatic heterocycles. The van der Waals surface area contributed by atoms with Crippen LogP contribution in [0.15, 0.2) is 0 Å². The third kappa shape index (κ3) is 27.2. The summed E-state index contributed by atoms with van der Waals surface area (Å²) < 4.78 is 0. The average molecular weight is 639 g/mol. The lowest BCUT2D eigenvalue weighted by atomic mass is 9.95. The normalized spacial score (nSPS) is 12.8. The molecule has 2 atom stereocenters. The first-order valence-electron chi connectivity index (χ1n) is 19.1. The second-order valence-corrected chi connectivity index (χ2v) is 13.9. The van der Waals surface area contributed by atoms with Gasteiger partial charge in [-0.2, -0.15) is 0 Å². The summed E-state index contributed by atoms with van der Waals surface area (Å²) >= 11 is 0. The molecule has 0 rings (SSSR count). The lowest BCUT2D eigenvalue weighted by Crippen LogP contribution is -2.36. The van der Waals surface area contributed by atoms with Crippen molar-refractivity contribution in [2.45, 2.75) is 181 Å². The third-order valence-corrected chi connectivity index (χ3v) is 9.35. The molecule has 0 heterocycles. The van der Waals surface area contributed by atoms with Gasteiger partial charge in [0.05, 0.1) is 11.8 Å². The van der Waals surface area contributed by atoms with Crippen molar-refractivity contribution in [2.24, 2.45) is 11.8 Å². The van der Waals surface area contributed by atoms with E-state index < -0.39 is 23.8 Å². The summed E-state index contributed by atoms with van der Waals surface area (Å²) in [7, 11) is 3.97. The molecule has 0 saturated carbocycles. The van der Waals surface area contributed by atoms with Crippen LogP contribution in [0.3, 0.4) is 0 Å². The van der Waals surface area contributed by atoms with Gasteiger partial charge in [0.15, 0.2) is 0 Å². The molecule has 0 fully saturated rings. The molecule has 1 amide bonds. The van der Waals surface area contributed by atoms with Crippen molar-refractivity contribution in [3.8, 4) is 0 Å². The molecule has 0 aromatic heterocycles. The monoisotopic (exact) mass is 639 g/mol. The van der Waals surface area contributed by atoms with Gasteiger partial charge in [-0.25, -0.2) is 0 Å². The van der Waals surface area contributed by atoms with Crippen molar-refractivity contribution in [1.29, 1.82) is 0 Å². The Balaban J connectivity index is 4.71. The zero-order chi connectivity index (χ0) is 33.5. The van der Waals surface area contributed by atoms with Crippen LogP contribution in [-0.4, -0.2) is 71.6 Å². The fourth-order valence-electron chi connectivity index (χ4n) is 6.23. The van der Waals surface area contributed by atoms with Gasteiger partial charge in [0.1, 0.15) is 0 Å². The number of amides is 1. The van der Waals surface area contributed by atoms with Crippen molar-refractivity contribution in [2.75, 3.05) is 33.7 Å². The number of carbonyl (C=O) groups is 3. The summed E-state index contributed by atoms with van der Waals surface area (Å²) in [5, 5.41) is 19.8. The van der Waals surface area contributed by atoms with Crippen LogP contribution in [0.2, 0.25) is 0 Å². The quantitative estimate of drug-likeness (QED) is 0.0681. The fraction of sp³-hybridized carbons (Fsp3) is 0.921. The van der Waals surface area contributed by atoms with Gasteiger partial charge in [-0.3, -0.25) is 14.4 Å². The van der Waals surface area contributed by atoms with Gasteiger partial charge in [-0.1, -0.05) is 142 Å². The number of hydrogen-bond donors (Lipinski definition) is 2. The average Bonchev–Trinajstić information content (AvgIpc) is 2.99. The van der Waals surface area contributed by atoms with E-state index in [4.69, 9.17) is 0 Å². The number of rotatable bonds is 34. The highest BCUT2D eigenvalue weighted by atomic mass is 16.4. The summed E-state index contributed by atoms with van der Waals surface area (Å²) in [6.07, 6.45) is 27.7. The van der Waals surface area contributed by atoms with E-state index in [-0.39, 0.29) is 5.91 Å². The molecule has 2 unspecified atom stereocenters. The second-order valence-electron chi connectivity index (χ2n) is 13.9. The van der Waals surface area contributed by atoms with E-state index in [2.05, 4.69) is 18.7 Å². The predicted molar refractivity (Wildman–Crippen MR) is 189 cm³/mol. The zero-order valence-electron chi connectivity index (χ0n) is 30.2. The molecule has 7 heteroatoms. The Morgan fingerprint density at radius 3 is 1.11 bits per heavy atom.